The van der Waals surface area contributed by atoms with E-state index in [9.17, 15) is 9.90 Å². The molecule has 0 fully saturated rings. The van der Waals surface area contributed by atoms with Gasteiger partial charge in [-0.05, 0) is 0 Å². The summed E-state index contributed by atoms with van der Waals surface area (Å²) < 4.78 is 0. The molecule has 1 atom stereocenters. The number of amidine groups is 2. The Balaban J connectivity index is 2.37. The Kier molecular flexibility index (Phi) is 1.84. The average Bonchev–Trinajstić information content (AvgIpc) is 2.47. The molecule has 5 nitrogen and oxygen atoms in total. The normalized spacial score (nSPS) is 29.5. The van der Waals surface area contributed by atoms with Gasteiger partial charge in [0.15, 0.2) is 5.17 Å². The number of aliphatic imine (C=N–C) groups is 2. The van der Waals surface area contributed by atoms with Crippen LogP contribution in [0.15, 0.2) is 21.8 Å². The molecule has 0 aliphatic carbocycles. The Labute approximate surface area is 78.6 Å². The van der Waals surface area contributed by atoms with Crippen LogP contribution in [-0.4, -0.2) is 34.3 Å². The summed E-state index contributed by atoms with van der Waals surface area (Å²) in [6.45, 7) is 0. The highest BCUT2D eigenvalue weighted by Gasteiger charge is 2.34. The third-order valence-corrected chi connectivity index (χ3v) is 2.86. The van der Waals surface area contributed by atoms with Gasteiger partial charge in [0.1, 0.15) is 16.8 Å². The number of hydrogen-bond donors (Lipinski definition) is 2. The van der Waals surface area contributed by atoms with Crippen LogP contribution < -0.4 is 5.32 Å². The van der Waals surface area contributed by atoms with Crippen molar-refractivity contribution in [3.8, 4) is 0 Å². The number of amides is 1. The molecule has 1 unspecified atom stereocenters. The molecule has 0 aromatic heterocycles. The number of rotatable bonds is 0. The summed E-state index contributed by atoms with van der Waals surface area (Å²) >= 11 is 1.32. The molecule has 2 aliphatic heterocycles. The molecule has 0 radical (unpaired) electrons. The number of nitrogens with zero attached hydrogens (tertiary/aromatic N) is 2. The van der Waals surface area contributed by atoms with Gasteiger partial charge in [0.2, 0.25) is 0 Å². The molecule has 0 spiro atoms. The summed E-state index contributed by atoms with van der Waals surface area (Å²) in [6.07, 6.45) is 1.16. The van der Waals surface area contributed by atoms with Gasteiger partial charge in [-0.2, -0.15) is 0 Å². The zero-order valence-corrected chi connectivity index (χ0v) is 7.63. The van der Waals surface area contributed by atoms with Crippen LogP contribution in [0.25, 0.3) is 0 Å². The van der Waals surface area contributed by atoms with Crippen LogP contribution in [0.3, 0.4) is 0 Å². The molecule has 68 valence electrons. The third-order valence-electron chi connectivity index (χ3n) is 1.68. The lowest BCUT2D eigenvalue weighted by atomic mass is 10.2. The fourth-order valence-corrected chi connectivity index (χ4v) is 2.00. The maximum atomic E-state index is 10.9. The molecule has 0 saturated heterocycles. The van der Waals surface area contributed by atoms with E-state index in [0.29, 0.717) is 11.0 Å². The van der Waals surface area contributed by atoms with E-state index in [1.54, 1.807) is 7.05 Å². The van der Waals surface area contributed by atoms with Gasteiger partial charge in [-0.3, -0.25) is 9.79 Å². The third kappa shape index (κ3) is 1.33. The first-order valence-electron chi connectivity index (χ1n) is 3.64. The molecule has 0 saturated carbocycles. The first-order valence-corrected chi connectivity index (χ1v) is 4.52. The quantitative estimate of drug-likeness (QED) is 0.576. The standard InChI is InChI=1S/C7H7N3O2S/c1-8-7-10-6-5(13-7)3(11)2-4(12)9-6/h2,5,11H,1H3,(H,8,9,10,12). The number of fused-ring (bicyclic) bond motifs is 1. The molecule has 2 heterocycles. The molecule has 0 aromatic rings. The zero-order valence-electron chi connectivity index (χ0n) is 6.81. The molecule has 13 heavy (non-hydrogen) atoms. The van der Waals surface area contributed by atoms with Crippen molar-refractivity contribution in [2.75, 3.05) is 7.05 Å². The minimum Gasteiger partial charge on any atom is -0.510 e. The second-order valence-electron chi connectivity index (χ2n) is 2.56. The summed E-state index contributed by atoms with van der Waals surface area (Å²) in [4.78, 5) is 18.8. The Bertz CT molecular complexity index is 359. The maximum absolute atomic E-state index is 10.9. The minimum absolute atomic E-state index is 0.0335. The van der Waals surface area contributed by atoms with Crippen molar-refractivity contribution in [1.82, 2.24) is 5.32 Å². The fourth-order valence-electron chi connectivity index (χ4n) is 1.12. The van der Waals surface area contributed by atoms with Gasteiger partial charge >= 0.3 is 0 Å². The molecular formula is C7H7N3O2S. The number of carbonyl (C=O) groups is 1. The molecular weight excluding hydrogens is 190 g/mol. The van der Waals surface area contributed by atoms with E-state index in [0.717, 1.165) is 6.08 Å². The maximum Gasteiger partial charge on any atom is 0.252 e. The van der Waals surface area contributed by atoms with E-state index in [2.05, 4.69) is 15.3 Å². The van der Waals surface area contributed by atoms with Gasteiger partial charge in [-0.15, -0.1) is 0 Å². The minimum atomic E-state index is -0.342. The average molecular weight is 197 g/mol. The number of nitrogens with one attached hydrogen (secondary N) is 1. The predicted molar refractivity (Wildman–Crippen MR) is 51.0 cm³/mol. The van der Waals surface area contributed by atoms with Crippen molar-refractivity contribution in [3.63, 3.8) is 0 Å². The van der Waals surface area contributed by atoms with Gasteiger partial charge in [0, 0.05) is 13.1 Å². The van der Waals surface area contributed by atoms with Crippen LogP contribution in [-0.2, 0) is 4.79 Å². The Morgan fingerprint density at radius 1 is 1.77 bits per heavy atom. The van der Waals surface area contributed by atoms with Gasteiger partial charge in [0.05, 0.1) is 0 Å². The van der Waals surface area contributed by atoms with Crippen molar-refractivity contribution in [2.45, 2.75) is 5.25 Å². The lowest BCUT2D eigenvalue weighted by molar-refractivity contribution is -0.115. The fraction of sp³-hybridized carbons (Fsp3) is 0.286. The molecule has 0 aromatic carbocycles. The number of aliphatic hydroxyl groups excluding tert-OH is 1. The summed E-state index contributed by atoms with van der Waals surface area (Å²) in [5.41, 5.74) is 0. The van der Waals surface area contributed by atoms with Gasteiger partial charge in [-0.25, -0.2) is 4.99 Å². The number of aliphatic hydroxyl groups is 1. The van der Waals surface area contributed by atoms with E-state index >= 15 is 0 Å². The smallest absolute Gasteiger partial charge is 0.252 e. The highest BCUT2D eigenvalue weighted by molar-refractivity contribution is 8.15. The van der Waals surface area contributed by atoms with Crippen LogP contribution in [0.1, 0.15) is 0 Å². The van der Waals surface area contributed by atoms with Crippen LogP contribution in [0, 0.1) is 0 Å². The lowest BCUT2D eigenvalue weighted by Gasteiger charge is -2.15. The largest absolute Gasteiger partial charge is 0.510 e. The van der Waals surface area contributed by atoms with Crippen molar-refractivity contribution in [2.24, 2.45) is 9.98 Å². The van der Waals surface area contributed by atoms with E-state index in [1.165, 1.54) is 11.8 Å². The van der Waals surface area contributed by atoms with Gasteiger partial charge in [0.25, 0.3) is 5.91 Å². The van der Waals surface area contributed by atoms with E-state index in [1.807, 2.05) is 0 Å². The molecule has 6 heteroatoms. The molecule has 1 amide bonds. The number of thioether (sulfide) groups is 1. The summed E-state index contributed by atoms with van der Waals surface area (Å²) in [6, 6.07) is 0. The zero-order chi connectivity index (χ0) is 9.42. The van der Waals surface area contributed by atoms with E-state index in [-0.39, 0.29) is 16.9 Å². The Morgan fingerprint density at radius 3 is 3.23 bits per heavy atom. The lowest BCUT2D eigenvalue weighted by Crippen LogP contribution is -2.40. The van der Waals surface area contributed by atoms with Crippen LogP contribution in [0.5, 0.6) is 0 Å². The first kappa shape index (κ1) is 8.31. The highest BCUT2D eigenvalue weighted by atomic mass is 32.2. The monoisotopic (exact) mass is 197 g/mol. The van der Waals surface area contributed by atoms with E-state index in [4.69, 9.17) is 0 Å². The Hall–Kier alpha value is -1.30. The predicted octanol–water partition coefficient (Wildman–Crippen LogP) is 0.0578. The van der Waals surface area contributed by atoms with E-state index < -0.39 is 0 Å². The van der Waals surface area contributed by atoms with Crippen LogP contribution in [0.2, 0.25) is 0 Å². The second kappa shape index (κ2) is 2.88. The Morgan fingerprint density at radius 2 is 2.54 bits per heavy atom. The number of carbonyl (C=O) groups excluding carboxylic acids is 1. The van der Waals surface area contributed by atoms with Crippen molar-refractivity contribution in [3.05, 3.63) is 11.8 Å². The number of hydrogen-bond acceptors (Lipinski definition) is 4. The SMILES string of the molecule is CN=C1N=C2NC(=O)C=C(O)C2S1. The first-order chi connectivity index (χ1) is 6.20. The summed E-state index contributed by atoms with van der Waals surface area (Å²) in [7, 11) is 1.62. The van der Waals surface area contributed by atoms with Gasteiger partial charge in [-0.1, -0.05) is 11.8 Å². The van der Waals surface area contributed by atoms with Crippen LogP contribution in [0.4, 0.5) is 0 Å². The van der Waals surface area contributed by atoms with Crippen molar-refractivity contribution in [1.29, 1.82) is 0 Å². The highest BCUT2D eigenvalue weighted by Crippen LogP contribution is 2.28. The van der Waals surface area contributed by atoms with Crippen molar-refractivity contribution < 1.29 is 9.90 Å². The molecule has 2 aliphatic rings. The van der Waals surface area contributed by atoms with Crippen molar-refractivity contribution >= 4 is 28.7 Å². The topological polar surface area (TPSA) is 74.0 Å². The van der Waals surface area contributed by atoms with Gasteiger partial charge < -0.3 is 10.4 Å². The summed E-state index contributed by atoms with van der Waals surface area (Å²) in [5.74, 6) is 0.159. The molecule has 0 bridgehead atoms. The molecule has 2 N–H and O–H groups in total. The molecule has 2 rings (SSSR count). The second-order valence-corrected chi connectivity index (χ2v) is 3.63. The summed E-state index contributed by atoms with van der Waals surface area (Å²) in [5, 5.41) is 12.2. The van der Waals surface area contributed by atoms with Crippen LogP contribution >= 0.6 is 11.8 Å².